The number of carbonyl (C=O) groups excluding carboxylic acids is 1. The van der Waals surface area contributed by atoms with Crippen molar-refractivity contribution in [2.24, 2.45) is 0 Å². The lowest BCUT2D eigenvalue weighted by Gasteiger charge is -2.16. The zero-order chi connectivity index (χ0) is 19.1. The summed E-state index contributed by atoms with van der Waals surface area (Å²) in [5, 5.41) is 2.96. The summed E-state index contributed by atoms with van der Waals surface area (Å²) in [6.07, 6.45) is 3.37. The molecule has 0 unspecified atom stereocenters. The first-order valence-electron chi connectivity index (χ1n) is 9.18. The monoisotopic (exact) mass is 373 g/mol. The predicted octanol–water partition coefficient (Wildman–Crippen LogP) is 3.73. The van der Waals surface area contributed by atoms with Gasteiger partial charge in [0.2, 0.25) is 12.7 Å². The van der Waals surface area contributed by atoms with Crippen LogP contribution in [0.15, 0.2) is 60.8 Å². The third-order valence-corrected chi connectivity index (χ3v) is 5.36. The van der Waals surface area contributed by atoms with Gasteiger partial charge in [-0.25, -0.2) is 4.98 Å². The number of nitrogens with one attached hydrogen (secondary N) is 1. The molecule has 0 saturated heterocycles. The van der Waals surface area contributed by atoms with E-state index < -0.39 is 5.41 Å². The van der Waals surface area contributed by atoms with Gasteiger partial charge < -0.3 is 20.5 Å². The maximum Gasteiger partial charge on any atom is 0.236 e. The van der Waals surface area contributed by atoms with Gasteiger partial charge in [0, 0.05) is 17.4 Å². The molecule has 140 valence electrons. The number of anilines is 2. The molecule has 1 aliphatic carbocycles. The normalized spacial score (nSPS) is 15.9. The summed E-state index contributed by atoms with van der Waals surface area (Å²) in [6, 6.07) is 17.1. The third kappa shape index (κ3) is 2.83. The molecule has 1 fully saturated rings. The number of nitrogens with two attached hydrogens (primary N) is 1. The highest BCUT2D eigenvalue weighted by Crippen LogP contribution is 2.51. The number of nitrogen functional groups attached to an aromatic ring is 1. The minimum absolute atomic E-state index is 0.0425. The van der Waals surface area contributed by atoms with Crippen molar-refractivity contribution < 1.29 is 14.3 Å². The quantitative estimate of drug-likeness (QED) is 0.681. The minimum Gasteiger partial charge on any atom is -0.454 e. The Morgan fingerprint density at radius 1 is 0.964 bits per heavy atom. The standard InChI is InChI=1S/C22H19N3O3/c23-17-5-1-14(2-6-17)15-3-8-20(24-12-15)25-21(26)22(9-10-22)16-4-7-18-19(11-16)28-13-27-18/h1-8,11-12H,9-10,13,23H2,(H,24,25,26). The van der Waals surface area contributed by atoms with Gasteiger partial charge in [0.05, 0.1) is 5.41 Å². The van der Waals surface area contributed by atoms with E-state index >= 15 is 0 Å². The fraction of sp³-hybridized carbons (Fsp3) is 0.182. The van der Waals surface area contributed by atoms with E-state index in [1.807, 2.05) is 54.6 Å². The van der Waals surface area contributed by atoms with E-state index in [1.54, 1.807) is 6.20 Å². The number of benzene rings is 2. The van der Waals surface area contributed by atoms with E-state index in [0.717, 1.165) is 41.0 Å². The van der Waals surface area contributed by atoms with Crippen molar-refractivity contribution in [2.75, 3.05) is 17.8 Å². The molecule has 5 rings (SSSR count). The van der Waals surface area contributed by atoms with Crippen molar-refractivity contribution in [1.82, 2.24) is 4.98 Å². The highest BCUT2D eigenvalue weighted by atomic mass is 16.7. The van der Waals surface area contributed by atoms with E-state index in [2.05, 4.69) is 10.3 Å². The predicted molar refractivity (Wildman–Crippen MR) is 106 cm³/mol. The second kappa shape index (κ2) is 6.27. The maximum absolute atomic E-state index is 13.0. The Kier molecular flexibility index (Phi) is 3.72. The Bertz CT molecular complexity index is 1040. The van der Waals surface area contributed by atoms with Crippen LogP contribution in [0.4, 0.5) is 11.5 Å². The summed E-state index contributed by atoms with van der Waals surface area (Å²) in [7, 11) is 0. The van der Waals surface area contributed by atoms with Gasteiger partial charge in [-0.3, -0.25) is 4.79 Å². The van der Waals surface area contributed by atoms with Crippen LogP contribution >= 0.6 is 0 Å². The Balaban J connectivity index is 1.33. The molecule has 6 nitrogen and oxygen atoms in total. The van der Waals surface area contributed by atoms with E-state index in [9.17, 15) is 4.79 Å². The van der Waals surface area contributed by atoms with Gasteiger partial charge in [-0.2, -0.15) is 0 Å². The number of hydrogen-bond acceptors (Lipinski definition) is 5. The molecule has 6 heteroatoms. The van der Waals surface area contributed by atoms with Gasteiger partial charge in [0.15, 0.2) is 11.5 Å². The first-order valence-corrected chi connectivity index (χ1v) is 9.18. The number of rotatable bonds is 4. The third-order valence-electron chi connectivity index (χ3n) is 5.36. The molecule has 1 amide bonds. The van der Waals surface area contributed by atoms with Crippen LogP contribution in [0.5, 0.6) is 11.5 Å². The van der Waals surface area contributed by atoms with Crippen LogP contribution in [-0.2, 0) is 10.2 Å². The van der Waals surface area contributed by atoms with Crippen LogP contribution in [0.2, 0.25) is 0 Å². The lowest BCUT2D eigenvalue weighted by atomic mass is 9.94. The molecular formula is C22H19N3O3. The highest BCUT2D eigenvalue weighted by Gasteiger charge is 2.51. The van der Waals surface area contributed by atoms with Crippen LogP contribution in [-0.4, -0.2) is 17.7 Å². The molecule has 3 aromatic rings. The van der Waals surface area contributed by atoms with Crippen molar-refractivity contribution in [1.29, 1.82) is 0 Å². The Hall–Kier alpha value is -3.54. The van der Waals surface area contributed by atoms with Crippen LogP contribution in [0.3, 0.4) is 0 Å². The zero-order valence-electron chi connectivity index (χ0n) is 15.1. The van der Waals surface area contributed by atoms with E-state index in [4.69, 9.17) is 15.2 Å². The summed E-state index contributed by atoms with van der Waals surface area (Å²) in [5.41, 5.74) is 8.88. The number of amides is 1. The summed E-state index contributed by atoms with van der Waals surface area (Å²) >= 11 is 0. The average Bonchev–Trinajstić information content (AvgIpc) is 3.40. The average molecular weight is 373 g/mol. The van der Waals surface area contributed by atoms with Gasteiger partial charge in [0.1, 0.15) is 5.82 Å². The van der Waals surface area contributed by atoms with Gasteiger partial charge in [-0.05, 0) is 60.4 Å². The van der Waals surface area contributed by atoms with Gasteiger partial charge in [-0.1, -0.05) is 18.2 Å². The fourth-order valence-electron chi connectivity index (χ4n) is 3.52. The zero-order valence-corrected chi connectivity index (χ0v) is 15.1. The maximum atomic E-state index is 13.0. The molecule has 3 N–H and O–H groups in total. The largest absolute Gasteiger partial charge is 0.454 e. The van der Waals surface area contributed by atoms with Crippen LogP contribution < -0.4 is 20.5 Å². The highest BCUT2D eigenvalue weighted by molar-refractivity contribution is 6.01. The van der Waals surface area contributed by atoms with E-state index in [-0.39, 0.29) is 12.7 Å². The Labute approximate surface area is 162 Å². The van der Waals surface area contributed by atoms with Crippen LogP contribution in [0.1, 0.15) is 18.4 Å². The first kappa shape index (κ1) is 16.6. The van der Waals surface area contributed by atoms with Crippen molar-refractivity contribution in [2.45, 2.75) is 18.3 Å². The molecule has 1 aromatic heterocycles. The smallest absolute Gasteiger partial charge is 0.236 e. The van der Waals surface area contributed by atoms with Gasteiger partial charge in [0.25, 0.3) is 0 Å². The van der Waals surface area contributed by atoms with E-state index in [1.165, 1.54) is 0 Å². The minimum atomic E-state index is -0.516. The number of hydrogen-bond donors (Lipinski definition) is 2. The molecule has 28 heavy (non-hydrogen) atoms. The molecule has 1 aliphatic heterocycles. The number of fused-ring (bicyclic) bond motifs is 1. The molecule has 2 aliphatic rings. The number of pyridine rings is 1. The molecule has 0 bridgehead atoms. The summed E-state index contributed by atoms with van der Waals surface area (Å²) < 4.78 is 10.8. The SMILES string of the molecule is Nc1ccc(-c2ccc(NC(=O)C3(c4ccc5c(c4)OCO5)CC3)nc2)cc1. The molecule has 2 heterocycles. The summed E-state index contributed by atoms with van der Waals surface area (Å²) in [5.74, 6) is 1.91. The molecular weight excluding hydrogens is 354 g/mol. The molecule has 0 atom stereocenters. The molecule has 0 radical (unpaired) electrons. The topological polar surface area (TPSA) is 86.5 Å². The van der Waals surface area contributed by atoms with Gasteiger partial charge >= 0.3 is 0 Å². The second-order valence-corrected chi connectivity index (χ2v) is 7.16. The molecule has 1 saturated carbocycles. The molecule has 2 aromatic carbocycles. The van der Waals surface area contributed by atoms with Crippen molar-refractivity contribution in [3.05, 3.63) is 66.4 Å². The Morgan fingerprint density at radius 3 is 2.43 bits per heavy atom. The number of ether oxygens (including phenoxy) is 2. The van der Waals surface area contributed by atoms with Crippen molar-refractivity contribution in [3.63, 3.8) is 0 Å². The van der Waals surface area contributed by atoms with Crippen LogP contribution in [0.25, 0.3) is 11.1 Å². The van der Waals surface area contributed by atoms with Crippen LogP contribution in [0, 0.1) is 0 Å². The summed E-state index contributed by atoms with van der Waals surface area (Å²) in [4.78, 5) is 17.4. The first-order chi connectivity index (χ1) is 13.6. The van der Waals surface area contributed by atoms with Crippen molar-refractivity contribution >= 4 is 17.4 Å². The fourth-order valence-corrected chi connectivity index (χ4v) is 3.52. The summed E-state index contributed by atoms with van der Waals surface area (Å²) in [6.45, 7) is 0.224. The second-order valence-electron chi connectivity index (χ2n) is 7.16. The molecule has 0 spiro atoms. The van der Waals surface area contributed by atoms with Crippen molar-refractivity contribution in [3.8, 4) is 22.6 Å². The number of aromatic nitrogens is 1. The Morgan fingerprint density at radius 2 is 1.71 bits per heavy atom. The lowest BCUT2D eigenvalue weighted by molar-refractivity contribution is -0.118. The van der Waals surface area contributed by atoms with E-state index in [0.29, 0.717) is 11.6 Å². The number of nitrogens with zero attached hydrogens (tertiary/aromatic N) is 1. The lowest BCUT2D eigenvalue weighted by Crippen LogP contribution is -2.28. The number of carbonyl (C=O) groups is 1. The van der Waals surface area contributed by atoms with Gasteiger partial charge in [-0.15, -0.1) is 0 Å².